The van der Waals surface area contributed by atoms with E-state index in [0.29, 0.717) is 12.2 Å². The van der Waals surface area contributed by atoms with Crippen molar-refractivity contribution >= 4 is 11.7 Å². The predicted molar refractivity (Wildman–Crippen MR) is 140 cm³/mol. The number of esters is 1. The van der Waals surface area contributed by atoms with Gasteiger partial charge in [-0.3, -0.25) is 9.69 Å². The monoisotopic (exact) mass is 474 g/mol. The lowest BCUT2D eigenvalue weighted by Gasteiger charge is -2.37. The zero-order valence-electron chi connectivity index (χ0n) is 20.8. The summed E-state index contributed by atoms with van der Waals surface area (Å²) < 4.78 is 19.7. The minimum absolute atomic E-state index is 0.147. The molecule has 1 heterocycles. The second kappa shape index (κ2) is 11.5. The van der Waals surface area contributed by atoms with E-state index in [2.05, 4.69) is 21.9 Å². The fourth-order valence-corrected chi connectivity index (χ4v) is 4.91. The van der Waals surface area contributed by atoms with E-state index in [4.69, 9.17) is 4.74 Å². The molecule has 1 atom stereocenters. The van der Waals surface area contributed by atoms with Gasteiger partial charge in [0.15, 0.2) is 0 Å². The van der Waals surface area contributed by atoms with Gasteiger partial charge in [0.25, 0.3) is 0 Å². The van der Waals surface area contributed by atoms with E-state index < -0.39 is 5.41 Å². The molecule has 3 aromatic carbocycles. The maximum absolute atomic E-state index is 14.3. The van der Waals surface area contributed by atoms with Crippen molar-refractivity contribution in [2.75, 3.05) is 44.2 Å². The SMILES string of the molecule is CCOC(=O)C(C)(CCCN1CCN(c2cccc(-c3ccccc3F)c2)CC1)c1ccccc1. The third kappa shape index (κ3) is 5.91. The Labute approximate surface area is 208 Å². The standard InChI is InChI=1S/C30H35FN2O2/c1-3-35-29(34)30(2,25-12-5-4-6-13-25)17-10-18-32-19-21-33(22-20-32)26-14-9-11-24(23-26)27-15-7-8-16-28(27)31/h4-9,11-16,23H,3,10,17-22H2,1-2H3. The molecule has 4 nitrogen and oxygen atoms in total. The van der Waals surface area contributed by atoms with Crippen molar-refractivity contribution in [1.29, 1.82) is 0 Å². The molecule has 0 aliphatic carbocycles. The molecule has 3 aromatic rings. The molecule has 1 fully saturated rings. The number of anilines is 1. The van der Waals surface area contributed by atoms with Crippen LogP contribution in [0.2, 0.25) is 0 Å². The minimum Gasteiger partial charge on any atom is -0.465 e. The van der Waals surface area contributed by atoms with Crippen LogP contribution in [0.5, 0.6) is 0 Å². The first-order valence-electron chi connectivity index (χ1n) is 12.6. The largest absolute Gasteiger partial charge is 0.465 e. The van der Waals surface area contributed by atoms with Crippen LogP contribution in [0, 0.1) is 5.82 Å². The Kier molecular flexibility index (Phi) is 8.19. The Bertz CT molecular complexity index is 1110. The van der Waals surface area contributed by atoms with Gasteiger partial charge in [-0.15, -0.1) is 0 Å². The maximum atomic E-state index is 14.3. The van der Waals surface area contributed by atoms with Gasteiger partial charge in [0, 0.05) is 37.4 Å². The number of carbonyl (C=O) groups is 1. The molecule has 0 N–H and O–H groups in total. The summed E-state index contributed by atoms with van der Waals surface area (Å²) in [5.74, 6) is -0.342. The Morgan fingerprint density at radius 3 is 2.37 bits per heavy atom. The molecular weight excluding hydrogens is 439 g/mol. The first-order chi connectivity index (χ1) is 17.0. The van der Waals surface area contributed by atoms with Crippen molar-refractivity contribution in [3.05, 3.63) is 90.2 Å². The van der Waals surface area contributed by atoms with E-state index in [0.717, 1.165) is 62.4 Å². The summed E-state index contributed by atoms with van der Waals surface area (Å²) in [4.78, 5) is 17.7. The molecule has 0 aromatic heterocycles. The van der Waals surface area contributed by atoms with Crippen molar-refractivity contribution in [2.45, 2.75) is 32.1 Å². The molecule has 1 unspecified atom stereocenters. The number of hydrogen-bond donors (Lipinski definition) is 0. The van der Waals surface area contributed by atoms with Crippen molar-refractivity contribution in [2.24, 2.45) is 0 Å². The summed E-state index contributed by atoms with van der Waals surface area (Å²) in [6.07, 6.45) is 1.67. The third-order valence-corrected chi connectivity index (χ3v) is 7.06. The van der Waals surface area contributed by atoms with Crippen LogP contribution in [-0.2, 0) is 14.9 Å². The number of halogens is 1. The van der Waals surface area contributed by atoms with Crippen LogP contribution in [0.4, 0.5) is 10.1 Å². The quantitative estimate of drug-likeness (QED) is 0.361. The maximum Gasteiger partial charge on any atom is 0.316 e. The van der Waals surface area contributed by atoms with Crippen molar-refractivity contribution in [3.8, 4) is 11.1 Å². The average Bonchev–Trinajstić information content (AvgIpc) is 2.90. The molecule has 1 aliphatic rings. The summed E-state index contributed by atoms with van der Waals surface area (Å²) in [7, 11) is 0. The predicted octanol–water partition coefficient (Wildman–Crippen LogP) is 5.92. The van der Waals surface area contributed by atoms with Gasteiger partial charge in [0.05, 0.1) is 12.0 Å². The molecule has 0 amide bonds. The van der Waals surface area contributed by atoms with E-state index in [1.807, 2.05) is 68.4 Å². The highest BCUT2D eigenvalue weighted by molar-refractivity contribution is 5.82. The number of hydrogen-bond acceptors (Lipinski definition) is 4. The lowest BCUT2D eigenvalue weighted by Crippen LogP contribution is -2.47. The molecule has 0 spiro atoms. The lowest BCUT2D eigenvalue weighted by molar-refractivity contribution is -0.149. The van der Waals surface area contributed by atoms with Crippen LogP contribution in [0.15, 0.2) is 78.9 Å². The Balaban J connectivity index is 1.33. The van der Waals surface area contributed by atoms with E-state index in [9.17, 15) is 9.18 Å². The molecule has 4 rings (SSSR count). The summed E-state index contributed by atoms with van der Waals surface area (Å²) >= 11 is 0. The molecule has 35 heavy (non-hydrogen) atoms. The van der Waals surface area contributed by atoms with E-state index in [-0.39, 0.29) is 11.8 Å². The van der Waals surface area contributed by atoms with Gasteiger partial charge in [0.1, 0.15) is 5.82 Å². The number of rotatable bonds is 9. The molecule has 0 radical (unpaired) electrons. The highest BCUT2D eigenvalue weighted by atomic mass is 19.1. The molecule has 0 saturated carbocycles. The molecule has 184 valence electrons. The summed E-state index contributed by atoms with van der Waals surface area (Å²) in [5.41, 5.74) is 3.05. The van der Waals surface area contributed by atoms with Gasteiger partial charge in [-0.05, 0) is 62.6 Å². The van der Waals surface area contributed by atoms with Gasteiger partial charge in [-0.2, -0.15) is 0 Å². The van der Waals surface area contributed by atoms with Gasteiger partial charge in [-0.1, -0.05) is 60.7 Å². The van der Waals surface area contributed by atoms with Crippen LogP contribution in [-0.4, -0.2) is 50.2 Å². The zero-order chi connectivity index (χ0) is 24.7. The smallest absolute Gasteiger partial charge is 0.316 e. The van der Waals surface area contributed by atoms with E-state index >= 15 is 0 Å². The van der Waals surface area contributed by atoms with Crippen LogP contribution >= 0.6 is 0 Å². The second-order valence-electron chi connectivity index (χ2n) is 9.38. The van der Waals surface area contributed by atoms with Crippen LogP contribution in [0.1, 0.15) is 32.3 Å². The number of piperazine rings is 1. The zero-order valence-corrected chi connectivity index (χ0v) is 20.8. The highest BCUT2D eigenvalue weighted by Crippen LogP contribution is 2.31. The first kappa shape index (κ1) is 24.9. The first-order valence-corrected chi connectivity index (χ1v) is 12.6. The van der Waals surface area contributed by atoms with Crippen LogP contribution in [0.3, 0.4) is 0 Å². The Hall–Kier alpha value is -3.18. The third-order valence-electron chi connectivity index (χ3n) is 7.06. The Morgan fingerprint density at radius 2 is 1.66 bits per heavy atom. The minimum atomic E-state index is -0.633. The second-order valence-corrected chi connectivity index (χ2v) is 9.38. The summed E-state index contributed by atoms with van der Waals surface area (Å²) in [5, 5.41) is 0. The van der Waals surface area contributed by atoms with Gasteiger partial charge in [-0.25, -0.2) is 4.39 Å². The van der Waals surface area contributed by atoms with Crippen molar-refractivity contribution < 1.29 is 13.9 Å². The van der Waals surface area contributed by atoms with Crippen LogP contribution in [0.25, 0.3) is 11.1 Å². The fraction of sp³-hybridized carbons (Fsp3) is 0.367. The fourth-order valence-electron chi connectivity index (χ4n) is 4.91. The topological polar surface area (TPSA) is 32.8 Å². The normalized spacial score (nSPS) is 16.0. The van der Waals surface area contributed by atoms with Crippen LogP contribution < -0.4 is 4.90 Å². The molecular formula is C30H35FN2O2. The molecule has 5 heteroatoms. The highest BCUT2D eigenvalue weighted by Gasteiger charge is 2.36. The number of carbonyl (C=O) groups excluding carboxylic acids is 1. The van der Waals surface area contributed by atoms with E-state index in [1.165, 1.54) is 6.07 Å². The lowest BCUT2D eigenvalue weighted by atomic mass is 9.78. The molecule has 1 aliphatic heterocycles. The molecule has 0 bridgehead atoms. The van der Waals surface area contributed by atoms with Gasteiger partial charge >= 0.3 is 5.97 Å². The van der Waals surface area contributed by atoms with Gasteiger partial charge in [0.2, 0.25) is 0 Å². The van der Waals surface area contributed by atoms with Gasteiger partial charge < -0.3 is 9.64 Å². The number of benzene rings is 3. The number of nitrogens with zero attached hydrogens (tertiary/aromatic N) is 2. The number of ether oxygens (including phenoxy) is 1. The summed E-state index contributed by atoms with van der Waals surface area (Å²) in [6, 6.07) is 25.0. The van der Waals surface area contributed by atoms with Crippen molar-refractivity contribution in [1.82, 2.24) is 4.90 Å². The summed E-state index contributed by atoms with van der Waals surface area (Å²) in [6.45, 7) is 8.97. The van der Waals surface area contributed by atoms with E-state index in [1.54, 1.807) is 6.07 Å². The van der Waals surface area contributed by atoms with Crippen molar-refractivity contribution in [3.63, 3.8) is 0 Å². The molecule has 1 saturated heterocycles. The average molecular weight is 475 g/mol. The Morgan fingerprint density at radius 1 is 0.943 bits per heavy atom.